The predicted octanol–water partition coefficient (Wildman–Crippen LogP) is 0.312. The molecule has 5 heteroatoms. The monoisotopic (exact) mass is 238 g/mol. The number of aliphatic hydroxyl groups is 2. The molecule has 0 unspecified atom stereocenters. The number of hydrogen-bond donors (Lipinski definition) is 2. The Labute approximate surface area is 98.6 Å². The van der Waals surface area contributed by atoms with Crippen molar-refractivity contribution in [2.24, 2.45) is 0 Å². The second-order valence-corrected chi connectivity index (χ2v) is 3.90. The maximum absolute atomic E-state index is 11.7. The first kappa shape index (κ1) is 12.0. The van der Waals surface area contributed by atoms with Crippen molar-refractivity contribution >= 4 is 5.97 Å². The normalized spacial score (nSPS) is 28.7. The van der Waals surface area contributed by atoms with E-state index in [9.17, 15) is 15.0 Å². The highest BCUT2D eigenvalue weighted by Gasteiger charge is 2.30. The maximum Gasteiger partial charge on any atom is 0.340 e. The van der Waals surface area contributed by atoms with Gasteiger partial charge in [0.2, 0.25) is 6.29 Å². The van der Waals surface area contributed by atoms with Gasteiger partial charge in [-0.3, -0.25) is 0 Å². The number of esters is 1. The Bertz CT molecular complexity index is 378. The van der Waals surface area contributed by atoms with Crippen molar-refractivity contribution in [3.63, 3.8) is 0 Å². The van der Waals surface area contributed by atoms with Crippen LogP contribution in [0.1, 0.15) is 16.8 Å². The Morgan fingerprint density at radius 1 is 1.24 bits per heavy atom. The molecule has 1 aliphatic rings. The van der Waals surface area contributed by atoms with Crippen molar-refractivity contribution in [3.05, 3.63) is 35.9 Å². The van der Waals surface area contributed by atoms with Gasteiger partial charge in [-0.1, -0.05) is 18.2 Å². The first-order valence-electron chi connectivity index (χ1n) is 5.40. The van der Waals surface area contributed by atoms with Crippen LogP contribution in [0.15, 0.2) is 30.3 Å². The zero-order valence-corrected chi connectivity index (χ0v) is 9.15. The van der Waals surface area contributed by atoms with Crippen LogP contribution in [-0.4, -0.2) is 41.3 Å². The molecule has 1 aromatic carbocycles. The molecule has 92 valence electrons. The molecule has 1 fully saturated rings. The Morgan fingerprint density at radius 2 is 1.94 bits per heavy atom. The van der Waals surface area contributed by atoms with Crippen LogP contribution < -0.4 is 0 Å². The summed E-state index contributed by atoms with van der Waals surface area (Å²) in [5.74, 6) is -0.501. The van der Waals surface area contributed by atoms with E-state index in [1.807, 2.05) is 0 Å². The van der Waals surface area contributed by atoms with Crippen LogP contribution in [0.3, 0.4) is 0 Å². The first-order valence-corrected chi connectivity index (χ1v) is 5.40. The fourth-order valence-corrected chi connectivity index (χ4v) is 1.58. The van der Waals surface area contributed by atoms with Crippen molar-refractivity contribution < 1.29 is 24.5 Å². The molecule has 1 aromatic rings. The quantitative estimate of drug-likeness (QED) is 0.725. The molecule has 17 heavy (non-hydrogen) atoms. The van der Waals surface area contributed by atoms with E-state index in [1.165, 1.54) is 0 Å². The average molecular weight is 238 g/mol. The van der Waals surface area contributed by atoms with Crippen molar-refractivity contribution in [1.82, 2.24) is 0 Å². The molecule has 0 bridgehead atoms. The molecular weight excluding hydrogens is 224 g/mol. The van der Waals surface area contributed by atoms with Crippen LogP contribution in [0.4, 0.5) is 0 Å². The topological polar surface area (TPSA) is 76.0 Å². The number of carbonyl (C=O) groups is 1. The second-order valence-electron chi connectivity index (χ2n) is 3.90. The van der Waals surface area contributed by atoms with Gasteiger partial charge >= 0.3 is 5.97 Å². The highest BCUT2D eigenvalue weighted by Crippen LogP contribution is 2.16. The van der Waals surface area contributed by atoms with E-state index in [0.717, 1.165) is 0 Å². The summed E-state index contributed by atoms with van der Waals surface area (Å²) in [7, 11) is 0. The maximum atomic E-state index is 11.7. The van der Waals surface area contributed by atoms with Crippen molar-refractivity contribution in [2.45, 2.75) is 24.9 Å². The molecule has 2 rings (SSSR count). The lowest BCUT2D eigenvalue weighted by Crippen LogP contribution is -2.42. The molecule has 2 N–H and O–H groups in total. The summed E-state index contributed by atoms with van der Waals surface area (Å²) < 4.78 is 10.2. The molecule has 0 amide bonds. The Hall–Kier alpha value is -1.43. The molecule has 0 spiro atoms. The first-order chi connectivity index (χ1) is 8.16. The zero-order valence-electron chi connectivity index (χ0n) is 9.15. The lowest BCUT2D eigenvalue weighted by atomic mass is 10.1. The molecule has 3 atom stereocenters. The van der Waals surface area contributed by atoms with Crippen LogP contribution in [0.2, 0.25) is 0 Å². The largest absolute Gasteiger partial charge is 0.432 e. The van der Waals surface area contributed by atoms with Gasteiger partial charge in [-0.25, -0.2) is 4.79 Å². The summed E-state index contributed by atoms with van der Waals surface area (Å²) in [5, 5.41) is 18.6. The smallest absolute Gasteiger partial charge is 0.340 e. The van der Waals surface area contributed by atoms with E-state index in [4.69, 9.17) is 9.47 Å². The number of aliphatic hydroxyl groups excluding tert-OH is 2. The van der Waals surface area contributed by atoms with Gasteiger partial charge in [-0.15, -0.1) is 0 Å². The molecule has 5 nitrogen and oxygen atoms in total. The Balaban J connectivity index is 1.92. The van der Waals surface area contributed by atoms with Gasteiger partial charge in [0.25, 0.3) is 0 Å². The van der Waals surface area contributed by atoms with E-state index in [1.54, 1.807) is 30.3 Å². The molecule has 0 saturated carbocycles. The number of rotatable bonds is 2. The van der Waals surface area contributed by atoms with Gasteiger partial charge in [0.1, 0.15) is 6.10 Å². The van der Waals surface area contributed by atoms with E-state index < -0.39 is 24.5 Å². The summed E-state index contributed by atoms with van der Waals surface area (Å²) in [6.07, 6.45) is -2.56. The number of hydrogen-bond acceptors (Lipinski definition) is 5. The Morgan fingerprint density at radius 3 is 2.59 bits per heavy atom. The van der Waals surface area contributed by atoms with Gasteiger partial charge in [0, 0.05) is 6.42 Å². The minimum absolute atomic E-state index is 0.0338. The third-order valence-corrected chi connectivity index (χ3v) is 2.58. The van der Waals surface area contributed by atoms with E-state index >= 15 is 0 Å². The lowest BCUT2D eigenvalue weighted by Gasteiger charge is -2.29. The highest BCUT2D eigenvalue weighted by molar-refractivity contribution is 5.89. The van der Waals surface area contributed by atoms with Crippen LogP contribution >= 0.6 is 0 Å². The number of ether oxygens (including phenoxy) is 2. The van der Waals surface area contributed by atoms with Gasteiger partial charge in [0.15, 0.2) is 0 Å². The number of benzene rings is 1. The lowest BCUT2D eigenvalue weighted by molar-refractivity contribution is -0.194. The fourth-order valence-electron chi connectivity index (χ4n) is 1.58. The van der Waals surface area contributed by atoms with Gasteiger partial charge < -0.3 is 19.7 Å². The standard InChI is InChI=1S/C12H14O5/c13-9-6-11(16-7-10(9)14)17-12(15)8-4-2-1-3-5-8/h1-5,9-11,13-14H,6-7H2/t9-,10+,11+/m0/s1. The molecule has 0 aliphatic carbocycles. The van der Waals surface area contributed by atoms with Crippen molar-refractivity contribution in [3.8, 4) is 0 Å². The number of carbonyl (C=O) groups excluding carboxylic acids is 1. The molecule has 1 heterocycles. The third-order valence-electron chi connectivity index (χ3n) is 2.58. The van der Waals surface area contributed by atoms with E-state index in [-0.39, 0.29) is 13.0 Å². The summed E-state index contributed by atoms with van der Waals surface area (Å²) in [6, 6.07) is 8.54. The summed E-state index contributed by atoms with van der Waals surface area (Å²) in [6.45, 7) is -0.0338. The predicted molar refractivity (Wildman–Crippen MR) is 58.2 cm³/mol. The average Bonchev–Trinajstić information content (AvgIpc) is 2.35. The molecule has 1 aliphatic heterocycles. The fraction of sp³-hybridized carbons (Fsp3) is 0.417. The summed E-state index contributed by atoms with van der Waals surface area (Å²) in [5.41, 5.74) is 0.428. The van der Waals surface area contributed by atoms with Crippen molar-refractivity contribution in [1.29, 1.82) is 0 Å². The van der Waals surface area contributed by atoms with Crippen LogP contribution in [0.25, 0.3) is 0 Å². The molecule has 0 aromatic heterocycles. The minimum atomic E-state index is -0.919. The van der Waals surface area contributed by atoms with Gasteiger partial charge in [0.05, 0.1) is 18.3 Å². The van der Waals surface area contributed by atoms with E-state index in [2.05, 4.69) is 0 Å². The van der Waals surface area contributed by atoms with Crippen LogP contribution in [0.5, 0.6) is 0 Å². The molecule has 1 saturated heterocycles. The summed E-state index contributed by atoms with van der Waals surface area (Å²) in [4.78, 5) is 11.7. The molecular formula is C12H14O5. The summed E-state index contributed by atoms with van der Waals surface area (Å²) >= 11 is 0. The molecule has 0 radical (unpaired) electrons. The SMILES string of the molecule is O=C(O[C@@H]1C[C@H](O)[C@H](O)CO1)c1ccccc1. The Kier molecular flexibility index (Phi) is 3.73. The third kappa shape index (κ3) is 3.03. The van der Waals surface area contributed by atoms with Gasteiger partial charge in [-0.2, -0.15) is 0 Å². The van der Waals surface area contributed by atoms with Crippen molar-refractivity contribution in [2.75, 3.05) is 6.61 Å². The second kappa shape index (κ2) is 5.27. The van der Waals surface area contributed by atoms with E-state index in [0.29, 0.717) is 5.56 Å². The minimum Gasteiger partial charge on any atom is -0.432 e. The highest BCUT2D eigenvalue weighted by atomic mass is 16.7. The van der Waals surface area contributed by atoms with Crippen LogP contribution in [0, 0.1) is 0 Å². The van der Waals surface area contributed by atoms with Gasteiger partial charge in [-0.05, 0) is 12.1 Å². The van der Waals surface area contributed by atoms with Crippen LogP contribution in [-0.2, 0) is 9.47 Å². The zero-order chi connectivity index (χ0) is 12.3.